The largest absolute Gasteiger partial charge is 0.325 e. The van der Waals surface area contributed by atoms with Gasteiger partial charge < -0.3 is 5.32 Å². The molecule has 144 valence electrons. The molecule has 0 saturated heterocycles. The van der Waals surface area contributed by atoms with Crippen LogP contribution >= 0.6 is 11.3 Å². The zero-order valence-electron chi connectivity index (χ0n) is 15.3. The molecular weight excluding hydrogens is 390 g/mol. The van der Waals surface area contributed by atoms with E-state index in [-0.39, 0.29) is 18.0 Å². The molecule has 4 heterocycles. The predicted octanol–water partition coefficient (Wildman–Crippen LogP) is 2.14. The average molecular weight is 405 g/mol. The number of hydrogen-bond acceptors (Lipinski definition) is 6. The molecule has 5 aromatic rings. The van der Waals surface area contributed by atoms with Crippen LogP contribution in [0.4, 0.5) is 5.69 Å². The summed E-state index contributed by atoms with van der Waals surface area (Å²) in [5, 5.41) is 9.19. The molecule has 0 spiro atoms. The number of hydrogen-bond donors (Lipinski definition) is 1. The Morgan fingerprint density at radius 3 is 2.86 bits per heavy atom. The minimum absolute atomic E-state index is 0.129. The number of carbonyl (C=O) groups excluding carboxylic acids is 1. The molecule has 0 aliphatic heterocycles. The van der Waals surface area contributed by atoms with Crippen LogP contribution in [0.15, 0.2) is 59.4 Å². The number of amides is 1. The number of nitrogens with one attached hydrogen (secondary N) is 1. The van der Waals surface area contributed by atoms with Crippen molar-refractivity contribution < 1.29 is 4.79 Å². The third-order valence-corrected chi connectivity index (χ3v) is 5.36. The molecule has 0 atom stereocenters. The molecule has 0 saturated carbocycles. The van der Waals surface area contributed by atoms with Crippen molar-refractivity contribution in [2.45, 2.75) is 6.54 Å². The van der Waals surface area contributed by atoms with Gasteiger partial charge in [-0.05, 0) is 12.1 Å². The van der Waals surface area contributed by atoms with Gasteiger partial charge in [-0.25, -0.2) is 9.97 Å². The summed E-state index contributed by atoms with van der Waals surface area (Å²) in [7, 11) is 1.71. The van der Waals surface area contributed by atoms with E-state index in [1.807, 2.05) is 46.4 Å². The lowest BCUT2D eigenvalue weighted by molar-refractivity contribution is -0.116. The van der Waals surface area contributed by atoms with Gasteiger partial charge in [0, 0.05) is 36.1 Å². The lowest BCUT2D eigenvalue weighted by Crippen LogP contribution is -2.27. The van der Waals surface area contributed by atoms with Crippen molar-refractivity contribution in [2.75, 3.05) is 5.32 Å². The SMILES string of the molecule is Cn1ncc2c(=O)n(CC(=O)Nc3ccc(-c4cn5ccsc5n4)cc3)cnc21. The fourth-order valence-electron chi connectivity index (χ4n) is 3.13. The maximum Gasteiger partial charge on any atom is 0.264 e. The Bertz CT molecular complexity index is 1380. The molecule has 0 aliphatic rings. The first-order chi connectivity index (χ1) is 14.1. The van der Waals surface area contributed by atoms with Gasteiger partial charge in [-0.3, -0.25) is 23.2 Å². The highest BCUT2D eigenvalue weighted by Gasteiger charge is 2.11. The Morgan fingerprint density at radius 2 is 2.07 bits per heavy atom. The summed E-state index contributed by atoms with van der Waals surface area (Å²) in [6, 6.07) is 7.42. The standard InChI is InChI=1S/C19H15N7O2S/c1-24-17-14(8-21-24)18(28)26(11-20-17)10-16(27)22-13-4-2-12(3-5-13)15-9-25-6-7-29-19(25)23-15/h2-9,11H,10H2,1H3,(H,22,27). The Morgan fingerprint density at radius 1 is 1.24 bits per heavy atom. The summed E-state index contributed by atoms with van der Waals surface area (Å²) < 4.78 is 4.76. The van der Waals surface area contributed by atoms with E-state index in [9.17, 15) is 9.59 Å². The number of aromatic nitrogens is 6. The van der Waals surface area contributed by atoms with Crippen molar-refractivity contribution >= 4 is 38.9 Å². The van der Waals surface area contributed by atoms with Gasteiger partial charge in [0.15, 0.2) is 10.6 Å². The third-order valence-electron chi connectivity index (χ3n) is 4.59. The molecule has 0 unspecified atom stereocenters. The summed E-state index contributed by atoms with van der Waals surface area (Å²) >= 11 is 1.57. The lowest BCUT2D eigenvalue weighted by Gasteiger charge is -2.08. The molecule has 9 nitrogen and oxygen atoms in total. The van der Waals surface area contributed by atoms with E-state index in [1.54, 1.807) is 18.4 Å². The van der Waals surface area contributed by atoms with Crippen LogP contribution in [0.1, 0.15) is 0 Å². The van der Waals surface area contributed by atoms with E-state index in [0.717, 1.165) is 16.2 Å². The summed E-state index contributed by atoms with van der Waals surface area (Å²) in [5.41, 5.74) is 2.66. The Balaban J connectivity index is 1.31. The Labute approximate surface area is 167 Å². The van der Waals surface area contributed by atoms with Crippen LogP contribution in [0.2, 0.25) is 0 Å². The molecule has 1 aromatic carbocycles. The minimum atomic E-state index is -0.313. The van der Waals surface area contributed by atoms with Crippen LogP contribution < -0.4 is 10.9 Å². The highest BCUT2D eigenvalue weighted by atomic mass is 32.1. The zero-order chi connectivity index (χ0) is 20.0. The van der Waals surface area contributed by atoms with Crippen LogP contribution in [0.25, 0.3) is 27.3 Å². The normalized spacial score (nSPS) is 11.3. The van der Waals surface area contributed by atoms with Crippen molar-refractivity contribution in [1.29, 1.82) is 0 Å². The second-order valence-electron chi connectivity index (χ2n) is 6.53. The lowest BCUT2D eigenvalue weighted by atomic mass is 10.1. The van der Waals surface area contributed by atoms with Gasteiger partial charge in [-0.15, -0.1) is 11.3 Å². The molecule has 1 N–H and O–H groups in total. The van der Waals surface area contributed by atoms with Crippen molar-refractivity contribution in [3.05, 3.63) is 64.9 Å². The van der Waals surface area contributed by atoms with Gasteiger partial charge in [-0.2, -0.15) is 5.10 Å². The first-order valence-electron chi connectivity index (χ1n) is 8.78. The fourth-order valence-corrected chi connectivity index (χ4v) is 3.83. The summed E-state index contributed by atoms with van der Waals surface area (Å²) in [6.07, 6.45) is 6.75. The minimum Gasteiger partial charge on any atom is -0.325 e. The highest BCUT2D eigenvalue weighted by Crippen LogP contribution is 2.23. The zero-order valence-corrected chi connectivity index (χ0v) is 16.1. The number of rotatable bonds is 4. The molecule has 1 amide bonds. The van der Waals surface area contributed by atoms with Crippen molar-refractivity contribution in [1.82, 2.24) is 28.7 Å². The van der Waals surface area contributed by atoms with E-state index >= 15 is 0 Å². The first-order valence-corrected chi connectivity index (χ1v) is 9.66. The van der Waals surface area contributed by atoms with Gasteiger partial charge in [0.25, 0.3) is 5.56 Å². The number of thiazole rings is 1. The van der Waals surface area contributed by atoms with E-state index < -0.39 is 0 Å². The number of nitrogens with zero attached hydrogens (tertiary/aromatic N) is 6. The number of anilines is 1. The molecule has 0 aliphatic carbocycles. The van der Waals surface area contributed by atoms with E-state index in [2.05, 4.69) is 20.4 Å². The Hall–Kier alpha value is -3.79. The van der Waals surface area contributed by atoms with E-state index in [1.165, 1.54) is 21.8 Å². The maximum atomic E-state index is 12.5. The third kappa shape index (κ3) is 3.09. The highest BCUT2D eigenvalue weighted by molar-refractivity contribution is 7.15. The van der Waals surface area contributed by atoms with Crippen LogP contribution in [-0.2, 0) is 18.4 Å². The number of fused-ring (bicyclic) bond motifs is 2. The fraction of sp³-hybridized carbons (Fsp3) is 0.105. The second kappa shape index (κ2) is 6.67. The molecule has 0 bridgehead atoms. The second-order valence-corrected chi connectivity index (χ2v) is 7.40. The monoisotopic (exact) mass is 405 g/mol. The average Bonchev–Trinajstić information content (AvgIpc) is 3.40. The quantitative estimate of drug-likeness (QED) is 0.494. The predicted molar refractivity (Wildman–Crippen MR) is 110 cm³/mol. The van der Waals surface area contributed by atoms with Gasteiger partial charge in [0.2, 0.25) is 5.91 Å². The van der Waals surface area contributed by atoms with Crippen LogP contribution in [0, 0.1) is 0 Å². The molecule has 29 heavy (non-hydrogen) atoms. The van der Waals surface area contributed by atoms with Gasteiger partial charge in [-0.1, -0.05) is 12.1 Å². The number of aryl methyl sites for hydroxylation is 1. The topological polar surface area (TPSA) is 99.1 Å². The molecule has 4 aromatic heterocycles. The molecule has 0 fully saturated rings. The van der Waals surface area contributed by atoms with E-state index in [0.29, 0.717) is 16.7 Å². The number of carbonyl (C=O) groups is 1. The van der Waals surface area contributed by atoms with Crippen molar-refractivity contribution in [3.8, 4) is 11.3 Å². The van der Waals surface area contributed by atoms with Crippen LogP contribution in [0.5, 0.6) is 0 Å². The summed E-state index contributed by atoms with van der Waals surface area (Å²) in [4.78, 5) is 34.5. The molecule has 5 rings (SSSR count). The van der Waals surface area contributed by atoms with E-state index in [4.69, 9.17) is 0 Å². The van der Waals surface area contributed by atoms with Crippen molar-refractivity contribution in [2.24, 2.45) is 7.05 Å². The van der Waals surface area contributed by atoms with Crippen molar-refractivity contribution in [3.63, 3.8) is 0 Å². The molecule has 10 heteroatoms. The van der Waals surface area contributed by atoms with Gasteiger partial charge >= 0.3 is 0 Å². The maximum absolute atomic E-state index is 12.5. The number of imidazole rings is 1. The van der Waals surface area contributed by atoms with Crippen LogP contribution in [0.3, 0.4) is 0 Å². The van der Waals surface area contributed by atoms with Gasteiger partial charge in [0.05, 0.1) is 11.9 Å². The number of benzene rings is 1. The summed E-state index contributed by atoms with van der Waals surface area (Å²) in [6.45, 7) is -0.129. The van der Waals surface area contributed by atoms with Crippen LogP contribution in [-0.4, -0.2) is 34.6 Å². The van der Waals surface area contributed by atoms with Gasteiger partial charge in [0.1, 0.15) is 18.3 Å². The molecular formula is C19H15N7O2S. The molecule has 0 radical (unpaired) electrons. The summed E-state index contributed by atoms with van der Waals surface area (Å²) in [5.74, 6) is -0.313. The first kappa shape index (κ1) is 17.3. The smallest absolute Gasteiger partial charge is 0.264 e. The Kier molecular flexibility index (Phi) is 3.98.